The van der Waals surface area contributed by atoms with Crippen LogP contribution in [0, 0.1) is 6.92 Å². The van der Waals surface area contributed by atoms with Crippen molar-refractivity contribution >= 4 is 5.96 Å². The van der Waals surface area contributed by atoms with Crippen LogP contribution in [0.5, 0.6) is 5.75 Å². The van der Waals surface area contributed by atoms with Gasteiger partial charge in [0.1, 0.15) is 5.75 Å². The van der Waals surface area contributed by atoms with Crippen molar-refractivity contribution in [3.63, 3.8) is 0 Å². The first-order chi connectivity index (χ1) is 13.8. The molecule has 1 aliphatic rings. The summed E-state index contributed by atoms with van der Waals surface area (Å²) in [7, 11) is 0. The Morgan fingerprint density at radius 2 is 2.00 bits per heavy atom. The molecule has 1 fully saturated rings. The number of ether oxygens (including phenoxy) is 2. The fraction of sp³-hybridized carbons (Fsp3) is 0.650. The van der Waals surface area contributed by atoms with Gasteiger partial charge in [-0.25, -0.2) is 4.99 Å². The number of morpholine rings is 1. The first kappa shape index (κ1) is 23.3. The third-order valence-corrected chi connectivity index (χ3v) is 4.60. The lowest BCUT2D eigenvalue weighted by Crippen LogP contribution is -2.49. The van der Waals surface area contributed by atoms with E-state index in [1.165, 1.54) is 0 Å². The first-order valence-corrected chi connectivity index (χ1v) is 9.91. The van der Waals surface area contributed by atoms with Crippen molar-refractivity contribution in [2.24, 2.45) is 4.99 Å². The van der Waals surface area contributed by atoms with Gasteiger partial charge in [0, 0.05) is 37.8 Å². The van der Waals surface area contributed by atoms with Gasteiger partial charge in [0.15, 0.2) is 12.6 Å². The number of nitrogens with one attached hydrogen (secondary N) is 2. The lowest BCUT2D eigenvalue weighted by molar-refractivity contribution is -0.153. The molecular weight excluding hydrogens is 385 g/mol. The number of nitrogens with zero attached hydrogens (tertiary/aromatic N) is 2. The second-order valence-electron chi connectivity index (χ2n) is 7.09. The van der Waals surface area contributed by atoms with Gasteiger partial charge in [-0.2, -0.15) is 13.2 Å². The number of guanidine groups is 1. The van der Waals surface area contributed by atoms with Gasteiger partial charge in [-0.3, -0.25) is 4.90 Å². The van der Waals surface area contributed by atoms with Crippen LogP contribution in [0.4, 0.5) is 13.2 Å². The van der Waals surface area contributed by atoms with Crippen molar-refractivity contribution in [1.29, 1.82) is 0 Å². The van der Waals surface area contributed by atoms with Gasteiger partial charge >= 0.3 is 6.18 Å². The summed E-state index contributed by atoms with van der Waals surface area (Å²) in [5.41, 5.74) is 1.44. The zero-order valence-electron chi connectivity index (χ0n) is 17.3. The molecule has 9 heteroatoms. The molecule has 0 spiro atoms. The first-order valence-electron chi connectivity index (χ1n) is 9.91. The van der Waals surface area contributed by atoms with E-state index in [1.807, 2.05) is 19.9 Å². The van der Waals surface area contributed by atoms with Crippen molar-refractivity contribution in [2.45, 2.75) is 39.5 Å². The molecule has 1 heterocycles. The lowest BCUT2D eigenvalue weighted by Gasteiger charge is -2.32. The van der Waals surface area contributed by atoms with Crippen molar-refractivity contribution in [1.82, 2.24) is 15.5 Å². The van der Waals surface area contributed by atoms with Crippen LogP contribution >= 0.6 is 0 Å². The number of halogens is 3. The van der Waals surface area contributed by atoms with E-state index in [-0.39, 0.29) is 12.3 Å². The normalized spacial score (nSPS) is 17.1. The minimum Gasteiger partial charge on any atom is -0.484 e. The Kier molecular flexibility index (Phi) is 9.03. The molecule has 0 aromatic heterocycles. The minimum atomic E-state index is -4.38. The Morgan fingerprint density at radius 1 is 1.28 bits per heavy atom. The summed E-state index contributed by atoms with van der Waals surface area (Å²) in [6.07, 6.45) is -4.38. The van der Waals surface area contributed by atoms with Gasteiger partial charge in [0.25, 0.3) is 0 Å². The number of alkyl halides is 3. The van der Waals surface area contributed by atoms with E-state index in [0.717, 1.165) is 31.9 Å². The molecule has 2 rings (SSSR count). The predicted octanol–water partition coefficient (Wildman–Crippen LogP) is 2.71. The molecule has 1 saturated heterocycles. The molecule has 1 aromatic rings. The summed E-state index contributed by atoms with van der Waals surface area (Å²) in [4.78, 5) is 6.88. The van der Waals surface area contributed by atoms with Crippen molar-refractivity contribution in [3.05, 3.63) is 29.3 Å². The average Bonchev–Trinajstić information content (AvgIpc) is 2.69. The lowest BCUT2D eigenvalue weighted by atomic mass is 10.1. The Morgan fingerprint density at radius 3 is 2.66 bits per heavy atom. The number of benzene rings is 1. The largest absolute Gasteiger partial charge is 0.484 e. The highest BCUT2D eigenvalue weighted by Gasteiger charge is 2.28. The highest BCUT2D eigenvalue weighted by molar-refractivity contribution is 5.79. The molecule has 0 bridgehead atoms. The van der Waals surface area contributed by atoms with Crippen LogP contribution in [-0.4, -0.2) is 69.1 Å². The molecule has 29 heavy (non-hydrogen) atoms. The van der Waals surface area contributed by atoms with Crippen LogP contribution < -0.4 is 15.4 Å². The number of rotatable bonds is 8. The molecule has 0 saturated carbocycles. The van der Waals surface area contributed by atoms with E-state index in [9.17, 15) is 13.2 Å². The summed E-state index contributed by atoms with van der Waals surface area (Å²) in [5.74, 6) is 0.832. The van der Waals surface area contributed by atoms with Gasteiger partial charge < -0.3 is 20.1 Å². The second kappa shape index (κ2) is 11.3. The quantitative estimate of drug-likeness (QED) is 0.504. The molecule has 1 atom stereocenters. The highest BCUT2D eigenvalue weighted by Crippen LogP contribution is 2.24. The zero-order valence-corrected chi connectivity index (χ0v) is 17.3. The van der Waals surface area contributed by atoms with Crippen LogP contribution in [0.25, 0.3) is 0 Å². The van der Waals surface area contributed by atoms with Gasteiger partial charge in [0.2, 0.25) is 0 Å². The van der Waals surface area contributed by atoms with Crippen LogP contribution in [0.2, 0.25) is 0 Å². The topological polar surface area (TPSA) is 58.1 Å². The van der Waals surface area contributed by atoms with Crippen LogP contribution in [-0.2, 0) is 11.3 Å². The monoisotopic (exact) mass is 416 g/mol. The Bertz CT molecular complexity index is 662. The SMILES string of the molecule is CCNC(=NCc1ccc(C)cc1OCC(F)(F)F)NCC(C)N1CCOCC1. The maximum Gasteiger partial charge on any atom is 0.422 e. The van der Waals surface area contributed by atoms with E-state index in [0.29, 0.717) is 30.7 Å². The molecule has 1 aromatic carbocycles. The Balaban J connectivity index is 1.99. The molecule has 6 nitrogen and oxygen atoms in total. The van der Waals surface area contributed by atoms with Gasteiger partial charge in [-0.1, -0.05) is 12.1 Å². The summed E-state index contributed by atoms with van der Waals surface area (Å²) < 4.78 is 48.0. The van der Waals surface area contributed by atoms with Crippen LogP contribution in [0.1, 0.15) is 25.0 Å². The van der Waals surface area contributed by atoms with E-state index < -0.39 is 12.8 Å². The fourth-order valence-electron chi connectivity index (χ4n) is 2.98. The highest BCUT2D eigenvalue weighted by atomic mass is 19.4. The van der Waals surface area contributed by atoms with E-state index in [4.69, 9.17) is 9.47 Å². The number of hydrogen-bond acceptors (Lipinski definition) is 4. The number of hydrogen-bond donors (Lipinski definition) is 2. The zero-order chi connectivity index (χ0) is 21.3. The molecule has 0 amide bonds. The molecule has 2 N–H and O–H groups in total. The molecule has 164 valence electrons. The third-order valence-electron chi connectivity index (χ3n) is 4.60. The Labute approximate surface area is 170 Å². The maximum absolute atomic E-state index is 12.5. The second-order valence-corrected chi connectivity index (χ2v) is 7.09. The summed E-state index contributed by atoms with van der Waals surface area (Å²) in [5, 5.41) is 6.48. The average molecular weight is 416 g/mol. The van der Waals surface area contributed by atoms with Crippen LogP contribution in [0.3, 0.4) is 0 Å². The van der Waals surface area contributed by atoms with Gasteiger partial charge in [0.05, 0.1) is 19.8 Å². The summed E-state index contributed by atoms with van der Waals surface area (Å²) in [6, 6.07) is 5.52. The third kappa shape index (κ3) is 8.49. The smallest absolute Gasteiger partial charge is 0.422 e. The minimum absolute atomic E-state index is 0.212. The van der Waals surface area contributed by atoms with Crippen molar-refractivity contribution in [2.75, 3.05) is 46.0 Å². The fourth-order valence-corrected chi connectivity index (χ4v) is 2.98. The van der Waals surface area contributed by atoms with Crippen molar-refractivity contribution < 1.29 is 22.6 Å². The Hall–Kier alpha value is -2.00. The van der Waals surface area contributed by atoms with E-state index in [2.05, 4.69) is 27.4 Å². The van der Waals surface area contributed by atoms with Crippen molar-refractivity contribution in [3.8, 4) is 5.75 Å². The van der Waals surface area contributed by atoms with Gasteiger partial charge in [-0.15, -0.1) is 0 Å². The molecule has 1 unspecified atom stereocenters. The molecule has 0 aliphatic carbocycles. The standard InChI is InChI=1S/C20H31F3N4O2/c1-4-24-19(25-12-16(3)27-7-9-28-10-8-27)26-13-17-6-5-15(2)11-18(17)29-14-20(21,22)23/h5-6,11,16H,4,7-10,12-14H2,1-3H3,(H2,24,25,26). The summed E-state index contributed by atoms with van der Waals surface area (Å²) in [6.45, 7) is 9.50. The van der Waals surface area contributed by atoms with Crippen LogP contribution in [0.15, 0.2) is 23.2 Å². The molecular formula is C20H31F3N4O2. The van der Waals surface area contributed by atoms with E-state index in [1.54, 1.807) is 12.1 Å². The number of aliphatic imine (C=N–C) groups is 1. The summed E-state index contributed by atoms with van der Waals surface area (Å²) >= 11 is 0. The maximum atomic E-state index is 12.5. The molecule has 1 aliphatic heterocycles. The number of aryl methyl sites for hydroxylation is 1. The predicted molar refractivity (Wildman–Crippen MR) is 107 cm³/mol. The van der Waals surface area contributed by atoms with E-state index >= 15 is 0 Å². The van der Waals surface area contributed by atoms with Gasteiger partial charge in [-0.05, 0) is 32.4 Å². The molecule has 0 radical (unpaired) electrons.